The van der Waals surface area contributed by atoms with Gasteiger partial charge in [0, 0.05) is 19.5 Å². The first-order valence-electron chi connectivity index (χ1n) is 8.98. The first-order chi connectivity index (χ1) is 11.2. The van der Waals surface area contributed by atoms with Crippen molar-refractivity contribution >= 4 is 5.91 Å². The van der Waals surface area contributed by atoms with Crippen LogP contribution >= 0.6 is 0 Å². The van der Waals surface area contributed by atoms with Crippen LogP contribution in [0.5, 0.6) is 0 Å². The maximum absolute atomic E-state index is 12.0. The van der Waals surface area contributed by atoms with Crippen LogP contribution in [0.4, 0.5) is 0 Å². The Bertz CT molecular complexity index is 479. The van der Waals surface area contributed by atoms with Crippen molar-refractivity contribution in [2.24, 2.45) is 5.92 Å². The Morgan fingerprint density at radius 3 is 2.78 bits per heavy atom. The Morgan fingerprint density at radius 2 is 2.09 bits per heavy atom. The predicted octanol–water partition coefficient (Wildman–Crippen LogP) is 2.53. The number of carbonyl (C=O) groups excluding carboxylic acids is 1. The standard InChI is InChI=1S/C19H31N3O/c1-3-22(4-2)15-18-7-5-6-17(12-18)14-21-19(23)9-8-16-10-11-20-13-16/h5-7,12,16,20H,3-4,8-11,13-15H2,1-2H3,(H,21,23). The first-order valence-corrected chi connectivity index (χ1v) is 8.98. The predicted molar refractivity (Wildman–Crippen MR) is 95.1 cm³/mol. The van der Waals surface area contributed by atoms with Crippen LogP contribution < -0.4 is 10.6 Å². The molecule has 1 aromatic rings. The number of amides is 1. The molecule has 2 N–H and O–H groups in total. The summed E-state index contributed by atoms with van der Waals surface area (Å²) in [4.78, 5) is 14.4. The molecule has 1 heterocycles. The minimum absolute atomic E-state index is 0.172. The van der Waals surface area contributed by atoms with Crippen LogP contribution in [0.1, 0.15) is 44.2 Å². The second-order valence-electron chi connectivity index (χ2n) is 6.46. The summed E-state index contributed by atoms with van der Waals surface area (Å²) < 4.78 is 0. The van der Waals surface area contributed by atoms with E-state index in [2.05, 4.69) is 53.6 Å². The van der Waals surface area contributed by atoms with E-state index in [0.29, 0.717) is 18.9 Å². The molecule has 0 saturated carbocycles. The summed E-state index contributed by atoms with van der Waals surface area (Å²) >= 11 is 0. The van der Waals surface area contributed by atoms with E-state index in [1.807, 2.05) is 0 Å². The molecule has 0 aliphatic carbocycles. The fraction of sp³-hybridized carbons (Fsp3) is 0.632. The van der Waals surface area contributed by atoms with Gasteiger partial charge in [-0.05, 0) is 56.1 Å². The monoisotopic (exact) mass is 317 g/mol. The minimum Gasteiger partial charge on any atom is -0.352 e. The summed E-state index contributed by atoms with van der Waals surface area (Å²) in [6.07, 6.45) is 2.85. The number of nitrogens with zero attached hydrogens (tertiary/aromatic N) is 1. The summed E-state index contributed by atoms with van der Waals surface area (Å²) in [5.41, 5.74) is 2.50. The van der Waals surface area contributed by atoms with E-state index in [0.717, 1.165) is 39.1 Å². The molecule has 0 spiro atoms. The largest absolute Gasteiger partial charge is 0.352 e. The molecular weight excluding hydrogens is 286 g/mol. The zero-order valence-electron chi connectivity index (χ0n) is 14.6. The average Bonchev–Trinajstić information content (AvgIpc) is 3.10. The van der Waals surface area contributed by atoms with Crippen molar-refractivity contribution in [2.45, 2.75) is 46.2 Å². The molecule has 1 amide bonds. The molecule has 128 valence electrons. The molecule has 0 aromatic heterocycles. The molecule has 4 nitrogen and oxygen atoms in total. The van der Waals surface area contributed by atoms with E-state index in [1.54, 1.807) is 0 Å². The third-order valence-electron chi connectivity index (χ3n) is 4.72. The third kappa shape index (κ3) is 6.32. The maximum Gasteiger partial charge on any atom is 0.220 e. The van der Waals surface area contributed by atoms with Gasteiger partial charge < -0.3 is 10.6 Å². The van der Waals surface area contributed by atoms with Crippen molar-refractivity contribution in [1.29, 1.82) is 0 Å². The lowest BCUT2D eigenvalue weighted by Crippen LogP contribution is -2.24. The molecule has 23 heavy (non-hydrogen) atoms. The van der Waals surface area contributed by atoms with Crippen LogP contribution in [-0.4, -0.2) is 37.0 Å². The van der Waals surface area contributed by atoms with E-state index in [1.165, 1.54) is 17.5 Å². The van der Waals surface area contributed by atoms with Gasteiger partial charge in [-0.15, -0.1) is 0 Å². The molecule has 1 aliphatic rings. The Kier molecular flexibility index (Phi) is 7.56. The molecule has 1 aromatic carbocycles. The highest BCUT2D eigenvalue weighted by atomic mass is 16.1. The van der Waals surface area contributed by atoms with Crippen molar-refractivity contribution in [3.63, 3.8) is 0 Å². The molecule has 1 saturated heterocycles. The number of hydrogen-bond donors (Lipinski definition) is 2. The van der Waals surface area contributed by atoms with Gasteiger partial charge in [0.05, 0.1) is 0 Å². The van der Waals surface area contributed by atoms with E-state index in [9.17, 15) is 4.79 Å². The van der Waals surface area contributed by atoms with E-state index in [-0.39, 0.29) is 5.91 Å². The zero-order valence-corrected chi connectivity index (χ0v) is 14.6. The molecule has 1 unspecified atom stereocenters. The lowest BCUT2D eigenvalue weighted by Gasteiger charge is -2.18. The van der Waals surface area contributed by atoms with Gasteiger partial charge in [0.25, 0.3) is 0 Å². The molecule has 4 heteroatoms. The van der Waals surface area contributed by atoms with Gasteiger partial charge in [0.15, 0.2) is 0 Å². The number of hydrogen-bond acceptors (Lipinski definition) is 3. The number of benzene rings is 1. The topological polar surface area (TPSA) is 44.4 Å². The second kappa shape index (κ2) is 9.68. The minimum atomic E-state index is 0.172. The van der Waals surface area contributed by atoms with Crippen molar-refractivity contribution in [3.8, 4) is 0 Å². The number of nitrogens with one attached hydrogen (secondary N) is 2. The highest BCUT2D eigenvalue weighted by Crippen LogP contribution is 2.14. The van der Waals surface area contributed by atoms with Crippen molar-refractivity contribution in [3.05, 3.63) is 35.4 Å². The quantitative estimate of drug-likeness (QED) is 0.735. The van der Waals surface area contributed by atoms with Crippen LogP contribution in [-0.2, 0) is 17.9 Å². The number of rotatable bonds is 9. The van der Waals surface area contributed by atoms with E-state index >= 15 is 0 Å². The summed E-state index contributed by atoms with van der Waals surface area (Å²) in [6, 6.07) is 8.55. The molecule has 0 bridgehead atoms. The summed E-state index contributed by atoms with van der Waals surface area (Å²) in [6.45, 7) is 10.3. The van der Waals surface area contributed by atoms with Gasteiger partial charge in [-0.2, -0.15) is 0 Å². The van der Waals surface area contributed by atoms with Gasteiger partial charge >= 0.3 is 0 Å². The Morgan fingerprint density at radius 1 is 1.30 bits per heavy atom. The van der Waals surface area contributed by atoms with E-state index < -0.39 is 0 Å². The molecule has 1 aliphatic heterocycles. The Balaban J connectivity index is 1.74. The zero-order chi connectivity index (χ0) is 16.5. The van der Waals surface area contributed by atoms with Crippen molar-refractivity contribution < 1.29 is 4.79 Å². The van der Waals surface area contributed by atoms with Crippen LogP contribution in [0.15, 0.2) is 24.3 Å². The first kappa shape index (κ1) is 18.0. The maximum atomic E-state index is 12.0. The number of carbonyl (C=O) groups is 1. The van der Waals surface area contributed by atoms with Gasteiger partial charge in [-0.1, -0.05) is 38.1 Å². The highest BCUT2D eigenvalue weighted by Gasteiger charge is 2.15. The molecule has 0 radical (unpaired) electrons. The molecule has 2 rings (SSSR count). The normalized spacial score (nSPS) is 17.6. The Labute approximate surface area is 140 Å². The van der Waals surface area contributed by atoms with Crippen LogP contribution in [0.2, 0.25) is 0 Å². The van der Waals surface area contributed by atoms with Gasteiger partial charge in [-0.3, -0.25) is 9.69 Å². The van der Waals surface area contributed by atoms with Crippen molar-refractivity contribution in [1.82, 2.24) is 15.5 Å². The van der Waals surface area contributed by atoms with Gasteiger partial charge in [0.2, 0.25) is 5.91 Å². The van der Waals surface area contributed by atoms with Crippen LogP contribution in [0.3, 0.4) is 0 Å². The van der Waals surface area contributed by atoms with Gasteiger partial charge in [-0.25, -0.2) is 0 Å². The SMILES string of the molecule is CCN(CC)Cc1cccc(CNC(=O)CCC2CCNC2)c1. The lowest BCUT2D eigenvalue weighted by molar-refractivity contribution is -0.121. The van der Waals surface area contributed by atoms with Crippen LogP contribution in [0, 0.1) is 5.92 Å². The summed E-state index contributed by atoms with van der Waals surface area (Å²) in [5, 5.41) is 6.41. The molecule has 1 fully saturated rings. The second-order valence-corrected chi connectivity index (χ2v) is 6.46. The van der Waals surface area contributed by atoms with Crippen LogP contribution in [0.25, 0.3) is 0 Å². The Hall–Kier alpha value is -1.39. The fourth-order valence-corrected chi connectivity index (χ4v) is 3.13. The molecule has 1 atom stereocenters. The average molecular weight is 317 g/mol. The fourth-order valence-electron chi connectivity index (χ4n) is 3.13. The summed E-state index contributed by atoms with van der Waals surface area (Å²) in [7, 11) is 0. The smallest absolute Gasteiger partial charge is 0.220 e. The summed E-state index contributed by atoms with van der Waals surface area (Å²) in [5.74, 6) is 0.851. The van der Waals surface area contributed by atoms with Crippen molar-refractivity contribution in [2.75, 3.05) is 26.2 Å². The third-order valence-corrected chi connectivity index (χ3v) is 4.72. The molecular formula is C19H31N3O. The highest BCUT2D eigenvalue weighted by molar-refractivity contribution is 5.75. The van der Waals surface area contributed by atoms with Gasteiger partial charge in [0.1, 0.15) is 0 Å². The van der Waals surface area contributed by atoms with E-state index in [4.69, 9.17) is 0 Å². The lowest BCUT2D eigenvalue weighted by atomic mass is 10.0.